The lowest BCUT2D eigenvalue weighted by Gasteiger charge is -2.56. The number of carbonyl (C=O) groups is 1. The van der Waals surface area contributed by atoms with Crippen molar-refractivity contribution < 1.29 is 4.79 Å². The van der Waals surface area contributed by atoms with Crippen molar-refractivity contribution in [2.75, 3.05) is 0 Å². The number of ketones is 1. The molecule has 0 aromatic carbocycles. The van der Waals surface area contributed by atoms with E-state index in [0.29, 0.717) is 5.41 Å². The van der Waals surface area contributed by atoms with Crippen molar-refractivity contribution in [3.8, 4) is 0 Å². The van der Waals surface area contributed by atoms with Crippen LogP contribution in [0.15, 0.2) is 11.4 Å². The van der Waals surface area contributed by atoms with Crippen molar-refractivity contribution in [3.63, 3.8) is 0 Å². The highest BCUT2D eigenvalue weighted by atomic mass is 32.1. The molecule has 0 aliphatic heterocycles. The van der Waals surface area contributed by atoms with E-state index < -0.39 is 0 Å². The lowest BCUT2D eigenvalue weighted by molar-refractivity contribution is -0.00376. The van der Waals surface area contributed by atoms with Crippen LogP contribution in [0.5, 0.6) is 0 Å². The smallest absolute Gasteiger partial charge is 0.160 e. The zero-order chi connectivity index (χ0) is 12.3. The van der Waals surface area contributed by atoms with Crippen LogP contribution in [0, 0.1) is 17.8 Å². The van der Waals surface area contributed by atoms with Crippen molar-refractivity contribution in [2.45, 2.75) is 50.9 Å². The molecule has 5 rings (SSSR count). The van der Waals surface area contributed by atoms with Crippen molar-refractivity contribution in [3.05, 3.63) is 21.9 Å². The molecule has 2 heteroatoms. The summed E-state index contributed by atoms with van der Waals surface area (Å²) in [4.78, 5) is 13.3. The van der Waals surface area contributed by atoms with Gasteiger partial charge in [0.05, 0.1) is 0 Å². The highest BCUT2D eigenvalue weighted by molar-refractivity contribution is 7.10. The zero-order valence-electron chi connectivity index (χ0n) is 10.9. The first-order valence-electron chi connectivity index (χ1n) is 7.25. The Morgan fingerprint density at radius 2 is 1.72 bits per heavy atom. The monoisotopic (exact) mass is 260 g/mol. The quantitative estimate of drug-likeness (QED) is 0.719. The summed E-state index contributed by atoms with van der Waals surface area (Å²) in [5, 5.41) is 2.13. The van der Waals surface area contributed by atoms with Gasteiger partial charge in [0.25, 0.3) is 0 Å². The molecule has 96 valence electrons. The van der Waals surface area contributed by atoms with E-state index in [-0.39, 0.29) is 5.78 Å². The lowest BCUT2D eigenvalue weighted by atomic mass is 9.49. The van der Waals surface area contributed by atoms with E-state index in [0.717, 1.165) is 23.3 Å². The van der Waals surface area contributed by atoms with Crippen molar-refractivity contribution in [2.24, 2.45) is 17.8 Å². The Kier molecular flexibility index (Phi) is 2.30. The third-order valence-corrected chi connectivity index (χ3v) is 6.73. The lowest BCUT2D eigenvalue weighted by Crippen LogP contribution is -2.48. The number of hydrogen-bond acceptors (Lipinski definition) is 2. The van der Waals surface area contributed by atoms with Gasteiger partial charge in [0.2, 0.25) is 0 Å². The van der Waals surface area contributed by atoms with Gasteiger partial charge in [-0.25, -0.2) is 0 Å². The maximum absolute atomic E-state index is 11.8. The normalized spacial score (nSPS) is 41.3. The summed E-state index contributed by atoms with van der Waals surface area (Å²) in [6, 6.07) is 2.06. The minimum absolute atomic E-state index is 0.266. The van der Waals surface area contributed by atoms with Crippen LogP contribution in [0.3, 0.4) is 0 Å². The van der Waals surface area contributed by atoms with Crippen LogP contribution in [0.2, 0.25) is 0 Å². The number of rotatable bonds is 2. The SMILES string of the molecule is CC(=O)c1ccsc1C12CC3CC(CC(C3)C1)C2. The van der Waals surface area contributed by atoms with E-state index in [4.69, 9.17) is 0 Å². The number of carbonyl (C=O) groups excluding carboxylic acids is 1. The predicted molar refractivity (Wildman–Crippen MR) is 74.2 cm³/mol. The van der Waals surface area contributed by atoms with Crippen molar-refractivity contribution in [1.29, 1.82) is 0 Å². The van der Waals surface area contributed by atoms with Crippen LogP contribution in [0.1, 0.15) is 60.7 Å². The third-order valence-electron chi connectivity index (χ3n) is 5.56. The molecule has 4 bridgehead atoms. The molecule has 18 heavy (non-hydrogen) atoms. The molecule has 4 fully saturated rings. The summed E-state index contributed by atoms with van der Waals surface area (Å²) in [5.74, 6) is 3.14. The fourth-order valence-corrected chi connectivity index (χ4v) is 6.56. The first-order chi connectivity index (χ1) is 8.66. The molecule has 4 aliphatic rings. The largest absolute Gasteiger partial charge is 0.294 e. The number of hydrogen-bond donors (Lipinski definition) is 0. The molecule has 1 aromatic rings. The van der Waals surface area contributed by atoms with E-state index in [1.165, 1.54) is 43.4 Å². The van der Waals surface area contributed by atoms with Gasteiger partial charge in [-0.3, -0.25) is 4.79 Å². The van der Waals surface area contributed by atoms with Crippen LogP contribution in [-0.4, -0.2) is 5.78 Å². The summed E-state index contributed by atoms with van der Waals surface area (Å²) >= 11 is 1.85. The first-order valence-corrected chi connectivity index (χ1v) is 8.13. The minimum Gasteiger partial charge on any atom is -0.294 e. The molecule has 1 aromatic heterocycles. The zero-order valence-corrected chi connectivity index (χ0v) is 11.8. The maximum atomic E-state index is 11.8. The minimum atomic E-state index is 0.266. The van der Waals surface area contributed by atoms with E-state index in [1.54, 1.807) is 6.92 Å². The van der Waals surface area contributed by atoms with Gasteiger partial charge in [0, 0.05) is 15.9 Å². The fourth-order valence-electron chi connectivity index (χ4n) is 5.39. The van der Waals surface area contributed by atoms with Crippen LogP contribution >= 0.6 is 11.3 Å². The van der Waals surface area contributed by atoms with Crippen LogP contribution in [0.25, 0.3) is 0 Å². The Morgan fingerprint density at radius 1 is 1.17 bits per heavy atom. The highest BCUT2D eigenvalue weighted by Crippen LogP contribution is 2.61. The van der Waals surface area contributed by atoms with Gasteiger partial charge in [0.1, 0.15) is 0 Å². The molecule has 4 aliphatic carbocycles. The molecular formula is C16H20OS. The Balaban J connectivity index is 1.79. The molecule has 0 amide bonds. The van der Waals surface area contributed by atoms with E-state index in [1.807, 2.05) is 11.3 Å². The fraction of sp³-hybridized carbons (Fsp3) is 0.688. The Morgan fingerprint density at radius 3 is 2.22 bits per heavy atom. The second-order valence-corrected chi connectivity index (χ2v) is 7.83. The molecule has 0 saturated heterocycles. The van der Waals surface area contributed by atoms with Gasteiger partial charge < -0.3 is 0 Å². The molecule has 0 radical (unpaired) electrons. The maximum Gasteiger partial charge on any atom is 0.160 e. The summed E-state index contributed by atoms with van der Waals surface area (Å²) < 4.78 is 0. The van der Waals surface area contributed by atoms with E-state index in [9.17, 15) is 4.79 Å². The predicted octanol–water partition coefficient (Wildman–Crippen LogP) is 4.42. The van der Waals surface area contributed by atoms with Crippen molar-refractivity contribution >= 4 is 17.1 Å². The molecule has 0 unspecified atom stereocenters. The second-order valence-electron chi connectivity index (χ2n) is 6.92. The molecule has 0 N–H and O–H groups in total. The third kappa shape index (κ3) is 1.48. The average molecular weight is 260 g/mol. The average Bonchev–Trinajstić information content (AvgIpc) is 2.76. The van der Waals surface area contributed by atoms with Gasteiger partial charge in [-0.05, 0) is 74.6 Å². The van der Waals surface area contributed by atoms with Gasteiger partial charge >= 0.3 is 0 Å². The Hall–Kier alpha value is -0.630. The molecule has 1 heterocycles. The first kappa shape index (κ1) is 11.2. The van der Waals surface area contributed by atoms with E-state index >= 15 is 0 Å². The van der Waals surface area contributed by atoms with Crippen LogP contribution < -0.4 is 0 Å². The van der Waals surface area contributed by atoms with Crippen LogP contribution in [-0.2, 0) is 5.41 Å². The van der Waals surface area contributed by atoms with E-state index in [2.05, 4.69) is 11.4 Å². The number of thiophene rings is 1. The highest BCUT2D eigenvalue weighted by Gasteiger charge is 2.52. The molecular weight excluding hydrogens is 240 g/mol. The molecule has 0 spiro atoms. The summed E-state index contributed by atoms with van der Waals surface area (Å²) in [6.07, 6.45) is 8.50. The van der Waals surface area contributed by atoms with Crippen molar-refractivity contribution in [1.82, 2.24) is 0 Å². The second kappa shape index (κ2) is 3.69. The topological polar surface area (TPSA) is 17.1 Å². The van der Waals surface area contributed by atoms with Gasteiger partial charge in [-0.15, -0.1) is 11.3 Å². The number of Topliss-reactive ketones (excluding diaryl/α,β-unsaturated/α-hetero) is 1. The van der Waals surface area contributed by atoms with Gasteiger partial charge in [0.15, 0.2) is 5.78 Å². The summed E-state index contributed by atoms with van der Waals surface area (Å²) in [7, 11) is 0. The molecule has 1 nitrogen and oxygen atoms in total. The summed E-state index contributed by atoms with van der Waals surface area (Å²) in [6.45, 7) is 1.73. The summed E-state index contributed by atoms with van der Waals surface area (Å²) in [5.41, 5.74) is 1.42. The van der Waals surface area contributed by atoms with Gasteiger partial charge in [-0.1, -0.05) is 0 Å². The Bertz CT molecular complexity index is 464. The molecule has 4 saturated carbocycles. The van der Waals surface area contributed by atoms with Crippen LogP contribution in [0.4, 0.5) is 0 Å². The van der Waals surface area contributed by atoms with Gasteiger partial charge in [-0.2, -0.15) is 0 Å². The standard InChI is InChI=1S/C16H20OS/c1-10(17)14-2-3-18-15(14)16-7-11-4-12(8-16)6-13(5-11)9-16/h2-3,11-13H,4-9H2,1H3. The Labute approximate surface area is 113 Å². The molecule has 0 atom stereocenters.